The highest BCUT2D eigenvalue weighted by Crippen LogP contribution is 2.33. The van der Waals surface area contributed by atoms with Gasteiger partial charge in [-0.25, -0.2) is 0 Å². The highest BCUT2D eigenvalue weighted by atomic mass is 35.5. The van der Waals surface area contributed by atoms with Crippen LogP contribution in [0.1, 0.15) is 25.5 Å². The van der Waals surface area contributed by atoms with E-state index in [1.54, 1.807) is 31.4 Å². The summed E-state index contributed by atoms with van der Waals surface area (Å²) in [4.78, 5) is 43.1. The van der Waals surface area contributed by atoms with Crippen LogP contribution in [0.5, 0.6) is 0 Å². The molecule has 3 rings (SSSR count). The molecule has 0 saturated carbocycles. The Kier molecular flexibility index (Phi) is 7.25. The molecule has 1 fully saturated rings. The Bertz CT molecular complexity index is 969. The summed E-state index contributed by atoms with van der Waals surface area (Å²) in [5, 5.41) is 8.54. The molecule has 31 heavy (non-hydrogen) atoms. The number of piperidine rings is 1. The zero-order valence-corrected chi connectivity index (χ0v) is 18.3. The first-order chi connectivity index (χ1) is 14.8. The summed E-state index contributed by atoms with van der Waals surface area (Å²) in [6.45, 7) is 2.63. The lowest BCUT2D eigenvalue weighted by Gasteiger charge is -2.40. The molecule has 8 nitrogen and oxygen atoms in total. The van der Waals surface area contributed by atoms with Gasteiger partial charge in [-0.05, 0) is 49.7 Å². The van der Waals surface area contributed by atoms with Crippen LogP contribution in [0.3, 0.4) is 0 Å². The Hall–Kier alpha value is -2.97. The zero-order valence-electron chi connectivity index (χ0n) is 17.6. The summed E-state index contributed by atoms with van der Waals surface area (Å²) in [5.41, 5.74) is 0.917. The number of halogens is 1. The minimum atomic E-state index is -0.799. The lowest BCUT2D eigenvalue weighted by atomic mass is 9.75. The largest absolute Gasteiger partial charge is 0.358 e. The molecular formula is C22H26ClN5O3. The van der Waals surface area contributed by atoms with Crippen molar-refractivity contribution in [2.75, 3.05) is 37.3 Å². The van der Waals surface area contributed by atoms with Gasteiger partial charge in [-0.1, -0.05) is 17.7 Å². The molecule has 164 valence electrons. The monoisotopic (exact) mass is 443 g/mol. The van der Waals surface area contributed by atoms with Crippen LogP contribution in [-0.2, 0) is 19.8 Å². The van der Waals surface area contributed by atoms with Gasteiger partial charge >= 0.3 is 0 Å². The van der Waals surface area contributed by atoms with Crippen LogP contribution in [0.4, 0.5) is 11.4 Å². The second-order valence-corrected chi connectivity index (χ2v) is 8.02. The molecular weight excluding hydrogens is 418 g/mol. The molecule has 3 N–H and O–H groups in total. The summed E-state index contributed by atoms with van der Waals surface area (Å²) in [6, 6.07) is 10.4. The molecule has 1 saturated heterocycles. The van der Waals surface area contributed by atoms with Crippen molar-refractivity contribution in [2.24, 2.45) is 0 Å². The van der Waals surface area contributed by atoms with Crippen LogP contribution in [0.25, 0.3) is 0 Å². The molecule has 2 heterocycles. The van der Waals surface area contributed by atoms with E-state index in [1.165, 1.54) is 6.92 Å². The number of anilines is 2. The van der Waals surface area contributed by atoms with Crippen molar-refractivity contribution >= 4 is 40.7 Å². The van der Waals surface area contributed by atoms with Gasteiger partial charge in [0.1, 0.15) is 5.41 Å². The third-order valence-corrected chi connectivity index (χ3v) is 5.63. The van der Waals surface area contributed by atoms with E-state index in [9.17, 15) is 14.4 Å². The molecule has 0 aliphatic carbocycles. The van der Waals surface area contributed by atoms with Crippen molar-refractivity contribution in [3.05, 3.63) is 53.3 Å². The van der Waals surface area contributed by atoms with Gasteiger partial charge in [-0.3, -0.25) is 24.3 Å². The van der Waals surface area contributed by atoms with Gasteiger partial charge in [0.05, 0.1) is 22.9 Å². The number of nitrogens with one attached hydrogen (secondary N) is 3. The van der Waals surface area contributed by atoms with Crippen molar-refractivity contribution < 1.29 is 14.4 Å². The predicted octanol–water partition coefficient (Wildman–Crippen LogP) is 2.41. The van der Waals surface area contributed by atoms with E-state index in [0.717, 1.165) is 6.42 Å². The second kappa shape index (κ2) is 9.89. The number of pyridine rings is 1. The van der Waals surface area contributed by atoms with Crippen molar-refractivity contribution in [3.63, 3.8) is 0 Å². The summed E-state index contributed by atoms with van der Waals surface area (Å²) in [7, 11) is 1.62. The smallest absolute Gasteiger partial charge is 0.238 e. The summed E-state index contributed by atoms with van der Waals surface area (Å²) < 4.78 is 0. The maximum Gasteiger partial charge on any atom is 0.238 e. The first-order valence-corrected chi connectivity index (χ1v) is 10.4. The summed E-state index contributed by atoms with van der Waals surface area (Å²) in [5.74, 6) is -0.540. The van der Waals surface area contributed by atoms with Crippen molar-refractivity contribution in [2.45, 2.75) is 25.2 Å². The van der Waals surface area contributed by atoms with Gasteiger partial charge in [-0.2, -0.15) is 0 Å². The predicted molar refractivity (Wildman–Crippen MR) is 120 cm³/mol. The molecule has 0 bridgehead atoms. The molecule has 0 radical (unpaired) electrons. The normalized spacial score (nSPS) is 18.8. The molecule has 0 spiro atoms. The fourth-order valence-corrected chi connectivity index (χ4v) is 4.19. The first kappa shape index (κ1) is 22.7. The molecule has 2 aromatic rings. The van der Waals surface area contributed by atoms with Crippen molar-refractivity contribution in [3.8, 4) is 0 Å². The van der Waals surface area contributed by atoms with Gasteiger partial charge in [0.15, 0.2) is 0 Å². The fraction of sp³-hybridized carbons (Fsp3) is 0.364. The maximum atomic E-state index is 12.8. The average Bonchev–Trinajstić information content (AvgIpc) is 2.75. The SMILES string of the molecule is CNC(=O)[C@@]1(c2ccccn2)CCCN(CC(=O)Nc2ccc(NC(C)=O)cc2Cl)C1. The number of nitrogens with zero attached hydrogens (tertiary/aromatic N) is 2. The van der Waals surface area contributed by atoms with Gasteiger partial charge in [0.25, 0.3) is 0 Å². The van der Waals surface area contributed by atoms with E-state index in [2.05, 4.69) is 20.9 Å². The minimum absolute atomic E-state index is 0.104. The van der Waals surface area contributed by atoms with Gasteiger partial charge < -0.3 is 16.0 Å². The van der Waals surface area contributed by atoms with Crippen LogP contribution >= 0.6 is 11.6 Å². The minimum Gasteiger partial charge on any atom is -0.358 e. The summed E-state index contributed by atoms with van der Waals surface area (Å²) in [6.07, 6.45) is 3.11. The average molecular weight is 444 g/mol. The fourth-order valence-electron chi connectivity index (χ4n) is 3.97. The Balaban J connectivity index is 1.70. The molecule has 3 amide bonds. The van der Waals surface area contributed by atoms with E-state index >= 15 is 0 Å². The quantitative estimate of drug-likeness (QED) is 0.636. The summed E-state index contributed by atoms with van der Waals surface area (Å²) >= 11 is 6.24. The van der Waals surface area contributed by atoms with Crippen LogP contribution < -0.4 is 16.0 Å². The van der Waals surface area contributed by atoms with Crippen molar-refractivity contribution in [1.29, 1.82) is 0 Å². The third kappa shape index (κ3) is 5.39. The van der Waals surface area contributed by atoms with E-state index < -0.39 is 5.41 Å². The zero-order chi connectivity index (χ0) is 22.4. The van der Waals surface area contributed by atoms with Gasteiger partial charge in [0, 0.05) is 32.4 Å². The number of benzene rings is 1. The molecule has 1 aromatic heterocycles. The van der Waals surface area contributed by atoms with E-state index in [-0.39, 0.29) is 24.3 Å². The number of rotatable bonds is 6. The lowest BCUT2D eigenvalue weighted by molar-refractivity contribution is -0.130. The Labute approximate surface area is 186 Å². The number of carbonyl (C=O) groups is 3. The number of aromatic nitrogens is 1. The molecule has 1 aliphatic rings. The molecule has 1 aliphatic heterocycles. The van der Waals surface area contributed by atoms with Crippen molar-refractivity contribution in [1.82, 2.24) is 15.2 Å². The molecule has 0 unspecified atom stereocenters. The van der Waals surface area contributed by atoms with Crippen LogP contribution in [-0.4, -0.2) is 54.3 Å². The molecule has 1 atom stereocenters. The Morgan fingerprint density at radius 3 is 2.65 bits per heavy atom. The Morgan fingerprint density at radius 2 is 2.00 bits per heavy atom. The number of carbonyl (C=O) groups excluding carboxylic acids is 3. The Morgan fingerprint density at radius 1 is 1.19 bits per heavy atom. The number of hydrogen-bond donors (Lipinski definition) is 3. The van der Waals surface area contributed by atoms with Gasteiger partial charge in [0.2, 0.25) is 17.7 Å². The second-order valence-electron chi connectivity index (χ2n) is 7.61. The highest BCUT2D eigenvalue weighted by molar-refractivity contribution is 6.34. The molecule has 9 heteroatoms. The van der Waals surface area contributed by atoms with Gasteiger partial charge in [-0.15, -0.1) is 0 Å². The topological polar surface area (TPSA) is 103 Å². The van der Waals surface area contributed by atoms with Crippen LogP contribution in [0.2, 0.25) is 5.02 Å². The number of likely N-dealkylation sites (tertiary alicyclic amines) is 1. The standard InChI is InChI=1S/C22H26ClN5O3/c1-15(29)26-16-7-8-18(17(23)12-16)27-20(30)13-28-11-5-9-22(14-28,21(31)24-2)19-6-3-4-10-25-19/h3-4,6-8,10,12H,5,9,11,13-14H2,1-2H3,(H,24,31)(H,26,29)(H,27,30)/t22-/m0/s1. The van der Waals surface area contributed by atoms with E-state index in [4.69, 9.17) is 11.6 Å². The highest BCUT2D eigenvalue weighted by Gasteiger charge is 2.44. The lowest BCUT2D eigenvalue weighted by Crippen LogP contribution is -2.55. The number of hydrogen-bond acceptors (Lipinski definition) is 5. The van der Waals surface area contributed by atoms with Crippen LogP contribution in [0, 0.1) is 0 Å². The third-order valence-electron chi connectivity index (χ3n) is 5.32. The van der Waals surface area contributed by atoms with Crippen LogP contribution in [0.15, 0.2) is 42.6 Å². The first-order valence-electron chi connectivity index (χ1n) is 10.1. The van der Waals surface area contributed by atoms with E-state index in [1.807, 2.05) is 23.1 Å². The number of likely N-dealkylation sites (N-methyl/N-ethyl adjacent to an activating group) is 1. The number of amides is 3. The maximum absolute atomic E-state index is 12.8. The molecule has 1 aromatic carbocycles. The van der Waals surface area contributed by atoms with E-state index in [0.29, 0.717) is 41.6 Å².